The van der Waals surface area contributed by atoms with E-state index in [2.05, 4.69) is 15.2 Å². The van der Waals surface area contributed by atoms with Crippen molar-refractivity contribution in [3.8, 4) is 0 Å². The summed E-state index contributed by atoms with van der Waals surface area (Å²) in [6.45, 7) is 5.81. The lowest BCUT2D eigenvalue weighted by molar-refractivity contribution is 0.0933. The second-order valence-corrected chi connectivity index (χ2v) is 8.31. The predicted octanol–water partition coefficient (Wildman–Crippen LogP) is 2.95. The maximum absolute atomic E-state index is 12.8. The zero-order valence-electron chi connectivity index (χ0n) is 16.0. The minimum Gasteiger partial charge on any atom is -0.397 e. The van der Waals surface area contributed by atoms with Gasteiger partial charge in [0.1, 0.15) is 0 Å². The molecule has 2 aromatic rings. The van der Waals surface area contributed by atoms with Gasteiger partial charge >= 0.3 is 0 Å². The molecule has 2 fully saturated rings. The lowest BCUT2D eigenvalue weighted by Gasteiger charge is -2.33. The van der Waals surface area contributed by atoms with E-state index in [1.807, 2.05) is 6.07 Å². The van der Waals surface area contributed by atoms with Crippen LogP contribution >= 0.6 is 11.6 Å². The lowest BCUT2D eigenvalue weighted by atomic mass is 9.95. The molecule has 1 aromatic heterocycles. The monoisotopic (exact) mass is 402 g/mol. The summed E-state index contributed by atoms with van der Waals surface area (Å²) in [5, 5.41) is 4.18. The molecule has 2 saturated heterocycles. The van der Waals surface area contributed by atoms with Crippen LogP contribution in [0.1, 0.15) is 29.6 Å². The Morgan fingerprint density at radius 3 is 2.89 bits per heavy atom. The van der Waals surface area contributed by atoms with E-state index in [1.54, 1.807) is 18.3 Å². The van der Waals surface area contributed by atoms with Crippen molar-refractivity contribution in [2.75, 3.05) is 45.1 Å². The summed E-state index contributed by atoms with van der Waals surface area (Å²) < 4.78 is 5.48. The summed E-state index contributed by atoms with van der Waals surface area (Å²) in [7, 11) is 0. The van der Waals surface area contributed by atoms with Gasteiger partial charge in [0.15, 0.2) is 0 Å². The molecule has 1 atom stereocenters. The van der Waals surface area contributed by atoms with Crippen molar-refractivity contribution in [3.63, 3.8) is 0 Å². The van der Waals surface area contributed by atoms with Crippen molar-refractivity contribution in [2.24, 2.45) is 11.8 Å². The summed E-state index contributed by atoms with van der Waals surface area (Å²) in [5.41, 5.74) is 7.57. The van der Waals surface area contributed by atoms with Crippen LogP contribution in [0, 0.1) is 11.8 Å². The number of carbonyl (C=O) groups is 1. The molecule has 1 amide bonds. The number of anilines is 1. The largest absolute Gasteiger partial charge is 0.397 e. The van der Waals surface area contributed by atoms with Gasteiger partial charge < -0.3 is 20.7 Å². The van der Waals surface area contributed by atoms with Crippen molar-refractivity contribution in [1.82, 2.24) is 15.2 Å². The number of carbonyl (C=O) groups excluding carboxylic acids is 1. The quantitative estimate of drug-likeness (QED) is 0.751. The number of nitrogens with one attached hydrogen (secondary N) is 1. The summed E-state index contributed by atoms with van der Waals surface area (Å²) >= 11 is 6.22. The smallest absolute Gasteiger partial charge is 0.253 e. The number of nitrogen functional groups attached to an aromatic ring is 1. The van der Waals surface area contributed by atoms with Gasteiger partial charge in [-0.2, -0.15) is 0 Å². The molecule has 0 radical (unpaired) electrons. The molecule has 28 heavy (non-hydrogen) atoms. The molecule has 6 nitrogen and oxygen atoms in total. The summed E-state index contributed by atoms with van der Waals surface area (Å²) in [5.74, 6) is 1.05. The van der Waals surface area contributed by atoms with E-state index < -0.39 is 0 Å². The molecular formula is C21H27ClN4O2. The van der Waals surface area contributed by atoms with Crippen LogP contribution in [0.4, 0.5) is 5.69 Å². The van der Waals surface area contributed by atoms with Gasteiger partial charge in [0, 0.05) is 31.3 Å². The second-order valence-electron chi connectivity index (χ2n) is 7.90. The number of benzene rings is 1. The standard InChI is InChI=1S/C21H27ClN4O2/c22-18-10-17(20-16(19(18)23)2-1-6-24-20)21(27)25-11-14-3-7-26(8-4-14)12-15-5-9-28-13-15/h1-2,6,10,14-15H,3-5,7-9,11-13,23H2,(H,25,27). The first kappa shape index (κ1) is 19.4. The Labute approximate surface area is 170 Å². The molecule has 0 saturated carbocycles. The Balaban J connectivity index is 1.33. The van der Waals surface area contributed by atoms with Gasteiger partial charge in [0.2, 0.25) is 0 Å². The van der Waals surface area contributed by atoms with Crippen LogP contribution in [0.15, 0.2) is 24.4 Å². The number of likely N-dealkylation sites (tertiary alicyclic amines) is 1. The van der Waals surface area contributed by atoms with Gasteiger partial charge in [-0.1, -0.05) is 11.6 Å². The molecule has 4 rings (SSSR count). The number of rotatable bonds is 5. The zero-order valence-corrected chi connectivity index (χ0v) is 16.8. The van der Waals surface area contributed by atoms with E-state index in [-0.39, 0.29) is 5.91 Å². The van der Waals surface area contributed by atoms with Crippen LogP contribution < -0.4 is 11.1 Å². The normalized spacial score (nSPS) is 21.2. The fourth-order valence-electron chi connectivity index (χ4n) is 4.21. The predicted molar refractivity (Wildman–Crippen MR) is 112 cm³/mol. The van der Waals surface area contributed by atoms with E-state index in [1.165, 1.54) is 6.42 Å². The summed E-state index contributed by atoms with van der Waals surface area (Å²) in [4.78, 5) is 19.7. The average Bonchev–Trinajstić information content (AvgIpc) is 3.23. The van der Waals surface area contributed by atoms with Crippen LogP contribution in [0.2, 0.25) is 5.02 Å². The highest BCUT2D eigenvalue weighted by atomic mass is 35.5. The van der Waals surface area contributed by atoms with E-state index in [9.17, 15) is 4.79 Å². The average molecular weight is 403 g/mol. The van der Waals surface area contributed by atoms with Crippen molar-refractivity contribution in [3.05, 3.63) is 35.0 Å². The minimum atomic E-state index is -0.142. The van der Waals surface area contributed by atoms with Crippen LogP contribution in [-0.2, 0) is 4.74 Å². The van der Waals surface area contributed by atoms with Gasteiger partial charge in [0.05, 0.1) is 28.4 Å². The van der Waals surface area contributed by atoms with Crippen LogP contribution in [0.25, 0.3) is 10.9 Å². The van der Waals surface area contributed by atoms with Gasteiger partial charge in [-0.15, -0.1) is 0 Å². The number of aromatic nitrogens is 1. The molecule has 0 spiro atoms. The first-order valence-corrected chi connectivity index (χ1v) is 10.4. The molecule has 2 aliphatic rings. The topological polar surface area (TPSA) is 80.5 Å². The molecular weight excluding hydrogens is 376 g/mol. The number of piperidine rings is 1. The molecule has 2 aliphatic heterocycles. The molecule has 0 aliphatic carbocycles. The number of nitrogens with zero attached hydrogens (tertiary/aromatic N) is 2. The highest BCUT2D eigenvalue weighted by Gasteiger charge is 2.24. The Bertz CT molecular complexity index is 846. The molecule has 1 aromatic carbocycles. The third-order valence-electron chi connectivity index (χ3n) is 5.92. The fraction of sp³-hybridized carbons (Fsp3) is 0.524. The molecule has 7 heteroatoms. The Morgan fingerprint density at radius 2 is 2.14 bits per heavy atom. The van der Waals surface area contributed by atoms with Crippen molar-refractivity contribution < 1.29 is 9.53 Å². The SMILES string of the molecule is Nc1c(Cl)cc(C(=O)NCC2CCN(CC3CCOC3)CC2)c2ncccc12. The van der Waals surface area contributed by atoms with Gasteiger partial charge in [-0.25, -0.2) is 0 Å². The number of hydrogen-bond donors (Lipinski definition) is 2. The molecule has 3 heterocycles. The minimum absolute atomic E-state index is 0.142. The first-order chi connectivity index (χ1) is 13.6. The first-order valence-electron chi connectivity index (χ1n) is 10.0. The number of ether oxygens (including phenoxy) is 1. The lowest BCUT2D eigenvalue weighted by Crippen LogP contribution is -2.40. The maximum atomic E-state index is 12.8. The highest BCUT2D eigenvalue weighted by Crippen LogP contribution is 2.30. The molecule has 0 bridgehead atoms. The third kappa shape index (κ3) is 4.24. The third-order valence-corrected chi connectivity index (χ3v) is 6.24. The fourth-order valence-corrected chi connectivity index (χ4v) is 4.42. The van der Waals surface area contributed by atoms with Crippen LogP contribution in [0.5, 0.6) is 0 Å². The van der Waals surface area contributed by atoms with Gasteiger partial charge in [-0.3, -0.25) is 9.78 Å². The molecule has 150 valence electrons. The zero-order chi connectivity index (χ0) is 19.5. The summed E-state index contributed by atoms with van der Waals surface area (Å²) in [6, 6.07) is 5.25. The highest BCUT2D eigenvalue weighted by molar-refractivity contribution is 6.35. The van der Waals surface area contributed by atoms with Crippen molar-refractivity contribution in [1.29, 1.82) is 0 Å². The number of nitrogens with two attached hydrogens (primary N) is 1. The second kappa shape index (κ2) is 8.64. The number of fused-ring (bicyclic) bond motifs is 1. The Morgan fingerprint density at radius 1 is 1.32 bits per heavy atom. The van der Waals surface area contributed by atoms with Crippen molar-refractivity contribution >= 4 is 34.1 Å². The van der Waals surface area contributed by atoms with Crippen LogP contribution in [-0.4, -0.2) is 55.2 Å². The number of halogens is 1. The van der Waals surface area contributed by atoms with E-state index >= 15 is 0 Å². The number of amides is 1. The number of hydrogen-bond acceptors (Lipinski definition) is 5. The van der Waals surface area contributed by atoms with E-state index in [0.29, 0.717) is 45.6 Å². The van der Waals surface area contributed by atoms with E-state index in [4.69, 9.17) is 22.1 Å². The Kier molecular flexibility index (Phi) is 5.99. The maximum Gasteiger partial charge on any atom is 0.253 e. The molecule has 1 unspecified atom stereocenters. The number of pyridine rings is 1. The van der Waals surface area contributed by atoms with E-state index in [0.717, 1.165) is 45.7 Å². The Hall–Kier alpha value is -1.89. The summed E-state index contributed by atoms with van der Waals surface area (Å²) in [6.07, 6.45) is 5.06. The van der Waals surface area contributed by atoms with Crippen molar-refractivity contribution in [2.45, 2.75) is 19.3 Å². The van der Waals surface area contributed by atoms with Gasteiger partial charge in [0.25, 0.3) is 5.91 Å². The van der Waals surface area contributed by atoms with Crippen LogP contribution in [0.3, 0.4) is 0 Å². The molecule has 3 N–H and O–H groups in total. The van der Waals surface area contributed by atoms with Gasteiger partial charge in [-0.05, 0) is 62.4 Å².